The molecule has 0 saturated carbocycles. The van der Waals surface area contributed by atoms with E-state index >= 15 is 0 Å². The van der Waals surface area contributed by atoms with Gasteiger partial charge in [-0.05, 0) is 35.4 Å². The highest BCUT2D eigenvalue weighted by atomic mass is 16.7. The fraction of sp³-hybridized carbons (Fsp3) is 0.471. The van der Waals surface area contributed by atoms with Gasteiger partial charge in [-0.1, -0.05) is 13.3 Å². The Kier molecular flexibility index (Phi) is 3.58. The standard InChI is InChI=1S/C17H19N7O2/c1-2-15-18-16(12-5-3-4-8-23-17(12)19-21-22-23)24(20-15)11-6-7-13-14(9-11)26-10-25-13/h6-7,9,12H,2-5,8,10H2,1H3. The van der Waals surface area contributed by atoms with Crippen molar-refractivity contribution in [3.63, 3.8) is 0 Å². The molecule has 4 heterocycles. The lowest BCUT2D eigenvalue weighted by Gasteiger charge is -2.14. The van der Waals surface area contributed by atoms with E-state index in [0.717, 1.165) is 66.9 Å². The number of tetrazole rings is 1. The number of nitrogens with zero attached hydrogens (tertiary/aromatic N) is 7. The number of hydrogen-bond donors (Lipinski definition) is 0. The predicted octanol–water partition coefficient (Wildman–Crippen LogP) is 1.86. The minimum Gasteiger partial charge on any atom is -0.454 e. The van der Waals surface area contributed by atoms with E-state index in [4.69, 9.17) is 19.6 Å². The first-order valence-corrected chi connectivity index (χ1v) is 8.95. The number of hydrogen-bond acceptors (Lipinski definition) is 7. The topological polar surface area (TPSA) is 92.8 Å². The van der Waals surface area contributed by atoms with Gasteiger partial charge in [0, 0.05) is 19.0 Å². The molecule has 3 aromatic rings. The van der Waals surface area contributed by atoms with Gasteiger partial charge in [-0.3, -0.25) is 0 Å². The molecule has 2 aliphatic heterocycles. The van der Waals surface area contributed by atoms with Crippen LogP contribution in [0, 0.1) is 0 Å². The second-order valence-corrected chi connectivity index (χ2v) is 6.50. The summed E-state index contributed by atoms with van der Waals surface area (Å²) in [4.78, 5) is 4.81. The van der Waals surface area contributed by atoms with Crippen LogP contribution in [0.3, 0.4) is 0 Å². The van der Waals surface area contributed by atoms with E-state index in [9.17, 15) is 0 Å². The Morgan fingerprint density at radius 2 is 2.08 bits per heavy atom. The molecular formula is C17H19N7O2. The van der Waals surface area contributed by atoms with Crippen LogP contribution in [0.4, 0.5) is 0 Å². The zero-order chi connectivity index (χ0) is 17.5. The second-order valence-electron chi connectivity index (χ2n) is 6.50. The Morgan fingerprint density at radius 3 is 3.00 bits per heavy atom. The first kappa shape index (κ1) is 15.3. The molecule has 1 aromatic carbocycles. The molecule has 134 valence electrons. The van der Waals surface area contributed by atoms with Crippen LogP contribution in [-0.2, 0) is 13.0 Å². The summed E-state index contributed by atoms with van der Waals surface area (Å²) in [5.41, 5.74) is 0.903. The molecule has 0 aliphatic carbocycles. The molecule has 9 heteroatoms. The van der Waals surface area contributed by atoms with E-state index in [1.807, 2.05) is 27.6 Å². The lowest BCUT2D eigenvalue weighted by Crippen LogP contribution is -2.14. The molecule has 0 fully saturated rings. The summed E-state index contributed by atoms with van der Waals surface area (Å²) in [6.07, 6.45) is 3.87. The third-order valence-corrected chi connectivity index (χ3v) is 4.89. The van der Waals surface area contributed by atoms with Crippen molar-refractivity contribution in [2.75, 3.05) is 6.79 Å². The molecular weight excluding hydrogens is 334 g/mol. The molecule has 0 spiro atoms. The van der Waals surface area contributed by atoms with Gasteiger partial charge in [-0.25, -0.2) is 14.3 Å². The molecule has 0 radical (unpaired) electrons. The normalized spacial score (nSPS) is 18.6. The van der Waals surface area contributed by atoms with Crippen molar-refractivity contribution >= 4 is 0 Å². The van der Waals surface area contributed by atoms with Gasteiger partial charge in [0.1, 0.15) is 5.82 Å². The summed E-state index contributed by atoms with van der Waals surface area (Å²) in [7, 11) is 0. The average Bonchev–Trinajstić information content (AvgIpc) is 3.38. The zero-order valence-electron chi connectivity index (χ0n) is 14.5. The summed E-state index contributed by atoms with van der Waals surface area (Å²) in [5, 5.41) is 17.0. The Balaban J connectivity index is 1.63. The van der Waals surface area contributed by atoms with Crippen molar-refractivity contribution < 1.29 is 9.47 Å². The van der Waals surface area contributed by atoms with Crippen LogP contribution < -0.4 is 9.47 Å². The first-order valence-electron chi connectivity index (χ1n) is 8.95. The zero-order valence-corrected chi connectivity index (χ0v) is 14.5. The van der Waals surface area contributed by atoms with Crippen LogP contribution in [0.15, 0.2) is 18.2 Å². The third-order valence-electron chi connectivity index (χ3n) is 4.89. The Bertz CT molecular complexity index is 948. The van der Waals surface area contributed by atoms with Gasteiger partial charge in [0.05, 0.1) is 11.6 Å². The predicted molar refractivity (Wildman–Crippen MR) is 90.4 cm³/mol. The summed E-state index contributed by atoms with van der Waals surface area (Å²) in [6.45, 7) is 3.15. The number of ether oxygens (including phenoxy) is 2. The van der Waals surface area contributed by atoms with E-state index in [1.165, 1.54) is 0 Å². The van der Waals surface area contributed by atoms with E-state index < -0.39 is 0 Å². The maximum atomic E-state index is 5.52. The smallest absolute Gasteiger partial charge is 0.231 e. The molecule has 1 atom stereocenters. The lowest BCUT2D eigenvalue weighted by molar-refractivity contribution is 0.174. The number of aromatic nitrogens is 7. The van der Waals surface area contributed by atoms with Crippen molar-refractivity contribution in [3.8, 4) is 17.2 Å². The highest BCUT2D eigenvalue weighted by Crippen LogP contribution is 2.36. The van der Waals surface area contributed by atoms with E-state index in [-0.39, 0.29) is 12.7 Å². The summed E-state index contributed by atoms with van der Waals surface area (Å²) >= 11 is 0. The molecule has 0 amide bonds. The summed E-state index contributed by atoms with van der Waals surface area (Å²) < 4.78 is 14.7. The van der Waals surface area contributed by atoms with Gasteiger partial charge in [0.15, 0.2) is 23.1 Å². The van der Waals surface area contributed by atoms with Crippen molar-refractivity contribution in [2.24, 2.45) is 0 Å². The van der Waals surface area contributed by atoms with Gasteiger partial charge in [-0.2, -0.15) is 5.10 Å². The molecule has 26 heavy (non-hydrogen) atoms. The van der Waals surface area contributed by atoms with Crippen molar-refractivity contribution in [1.82, 2.24) is 35.0 Å². The van der Waals surface area contributed by atoms with Gasteiger partial charge in [0.25, 0.3) is 0 Å². The molecule has 1 unspecified atom stereocenters. The number of fused-ring (bicyclic) bond motifs is 2. The highest BCUT2D eigenvalue weighted by Gasteiger charge is 2.29. The average molecular weight is 353 g/mol. The van der Waals surface area contributed by atoms with Gasteiger partial charge in [-0.15, -0.1) is 5.10 Å². The Hall–Kier alpha value is -2.97. The molecule has 0 N–H and O–H groups in total. The fourth-order valence-corrected chi connectivity index (χ4v) is 3.55. The minimum atomic E-state index is 0.0192. The first-order chi connectivity index (χ1) is 12.8. The number of benzene rings is 1. The SMILES string of the molecule is CCc1nc(C2CCCCn3nnnc32)n(-c2ccc3c(c2)OCO3)n1. The Labute approximate surface area is 149 Å². The maximum absolute atomic E-state index is 5.52. The summed E-state index contributed by atoms with van der Waals surface area (Å²) in [5.74, 6) is 4.04. The van der Waals surface area contributed by atoms with Gasteiger partial charge >= 0.3 is 0 Å². The van der Waals surface area contributed by atoms with Crippen molar-refractivity contribution in [2.45, 2.75) is 45.1 Å². The lowest BCUT2D eigenvalue weighted by atomic mass is 10.0. The van der Waals surface area contributed by atoms with Crippen molar-refractivity contribution in [3.05, 3.63) is 35.7 Å². The van der Waals surface area contributed by atoms with Crippen LogP contribution in [0.1, 0.15) is 49.6 Å². The second kappa shape index (κ2) is 6.08. The fourth-order valence-electron chi connectivity index (χ4n) is 3.55. The van der Waals surface area contributed by atoms with E-state index in [0.29, 0.717) is 0 Å². The van der Waals surface area contributed by atoms with E-state index in [2.05, 4.69) is 22.4 Å². The monoisotopic (exact) mass is 353 g/mol. The molecule has 0 saturated heterocycles. The van der Waals surface area contributed by atoms with Crippen LogP contribution in [0.5, 0.6) is 11.5 Å². The number of rotatable bonds is 3. The highest BCUT2D eigenvalue weighted by molar-refractivity contribution is 5.50. The Morgan fingerprint density at radius 1 is 1.15 bits per heavy atom. The van der Waals surface area contributed by atoms with Crippen molar-refractivity contribution in [1.29, 1.82) is 0 Å². The largest absolute Gasteiger partial charge is 0.454 e. The minimum absolute atomic E-state index is 0.0192. The van der Waals surface area contributed by atoms with Crippen LogP contribution in [0.2, 0.25) is 0 Å². The molecule has 9 nitrogen and oxygen atoms in total. The van der Waals surface area contributed by atoms with Crippen LogP contribution >= 0.6 is 0 Å². The molecule has 0 bridgehead atoms. The quantitative estimate of drug-likeness (QED) is 0.709. The van der Waals surface area contributed by atoms with E-state index in [1.54, 1.807) is 0 Å². The summed E-state index contributed by atoms with van der Waals surface area (Å²) in [6, 6.07) is 5.83. The molecule has 5 rings (SSSR count). The maximum Gasteiger partial charge on any atom is 0.231 e. The van der Waals surface area contributed by atoms with Gasteiger partial charge in [0.2, 0.25) is 6.79 Å². The molecule has 2 aliphatic rings. The third kappa shape index (κ3) is 2.42. The van der Waals surface area contributed by atoms with Crippen LogP contribution in [0.25, 0.3) is 5.69 Å². The molecule has 2 aromatic heterocycles. The number of aryl methyl sites for hydroxylation is 2. The van der Waals surface area contributed by atoms with Gasteiger partial charge < -0.3 is 9.47 Å². The van der Waals surface area contributed by atoms with Crippen LogP contribution in [-0.4, -0.2) is 41.8 Å².